The van der Waals surface area contributed by atoms with E-state index in [-0.39, 0.29) is 11.9 Å². The zero-order chi connectivity index (χ0) is 17.2. The van der Waals surface area contributed by atoms with Crippen molar-refractivity contribution in [1.29, 1.82) is 0 Å². The van der Waals surface area contributed by atoms with E-state index >= 15 is 0 Å². The van der Waals surface area contributed by atoms with Gasteiger partial charge in [-0.2, -0.15) is 0 Å². The maximum atomic E-state index is 12.1. The van der Waals surface area contributed by atoms with E-state index in [9.17, 15) is 9.59 Å². The highest BCUT2D eigenvalue weighted by molar-refractivity contribution is 5.78. The first-order valence-corrected chi connectivity index (χ1v) is 8.47. The molecule has 24 heavy (non-hydrogen) atoms. The summed E-state index contributed by atoms with van der Waals surface area (Å²) in [6.07, 6.45) is 6.56. The third kappa shape index (κ3) is 6.06. The van der Waals surface area contributed by atoms with Crippen LogP contribution in [0.4, 0.5) is 4.79 Å². The summed E-state index contributed by atoms with van der Waals surface area (Å²) in [7, 11) is 1.56. The number of amides is 3. The van der Waals surface area contributed by atoms with Crippen LogP contribution in [0.5, 0.6) is 5.88 Å². The molecule has 3 amide bonds. The molecule has 0 unspecified atom stereocenters. The highest BCUT2D eigenvalue weighted by Crippen LogP contribution is 2.10. The number of carbonyl (C=O) groups excluding carboxylic acids is 2. The lowest BCUT2D eigenvalue weighted by molar-refractivity contribution is -0.131. The quantitative estimate of drug-likeness (QED) is 0.829. The van der Waals surface area contributed by atoms with Crippen molar-refractivity contribution in [3.63, 3.8) is 0 Å². The summed E-state index contributed by atoms with van der Waals surface area (Å²) >= 11 is 0. The van der Waals surface area contributed by atoms with Gasteiger partial charge in [0.25, 0.3) is 0 Å². The van der Waals surface area contributed by atoms with E-state index in [0.717, 1.165) is 31.5 Å². The zero-order valence-corrected chi connectivity index (χ0v) is 14.2. The Balaban J connectivity index is 1.62. The van der Waals surface area contributed by atoms with Crippen molar-refractivity contribution in [2.45, 2.75) is 38.6 Å². The van der Waals surface area contributed by atoms with E-state index in [0.29, 0.717) is 25.4 Å². The molecule has 0 saturated carbocycles. The van der Waals surface area contributed by atoms with Crippen LogP contribution < -0.4 is 15.4 Å². The third-order valence-corrected chi connectivity index (χ3v) is 4.04. The van der Waals surface area contributed by atoms with Gasteiger partial charge < -0.3 is 20.3 Å². The summed E-state index contributed by atoms with van der Waals surface area (Å²) in [5, 5.41) is 5.46. The molecule has 1 saturated heterocycles. The topological polar surface area (TPSA) is 83.6 Å². The molecule has 1 aliphatic rings. The molecule has 1 aliphatic heterocycles. The molecule has 2 rings (SSSR count). The van der Waals surface area contributed by atoms with Crippen LogP contribution in [-0.2, 0) is 11.3 Å². The molecule has 0 radical (unpaired) electrons. The van der Waals surface area contributed by atoms with Gasteiger partial charge in [-0.05, 0) is 18.4 Å². The second-order valence-corrected chi connectivity index (χ2v) is 5.86. The molecule has 1 aromatic rings. The van der Waals surface area contributed by atoms with E-state index in [4.69, 9.17) is 4.74 Å². The van der Waals surface area contributed by atoms with Crippen molar-refractivity contribution in [2.75, 3.05) is 26.7 Å². The van der Waals surface area contributed by atoms with Crippen LogP contribution in [0, 0.1) is 0 Å². The number of aromatic nitrogens is 1. The summed E-state index contributed by atoms with van der Waals surface area (Å²) in [5.41, 5.74) is 0.881. The number of pyridine rings is 1. The summed E-state index contributed by atoms with van der Waals surface area (Å²) in [6, 6.07) is 3.30. The van der Waals surface area contributed by atoms with Crippen LogP contribution in [0.3, 0.4) is 0 Å². The van der Waals surface area contributed by atoms with Crippen molar-refractivity contribution in [2.24, 2.45) is 0 Å². The first kappa shape index (κ1) is 18.0. The van der Waals surface area contributed by atoms with Gasteiger partial charge in [-0.15, -0.1) is 0 Å². The maximum Gasteiger partial charge on any atom is 0.315 e. The summed E-state index contributed by atoms with van der Waals surface area (Å²) in [4.78, 5) is 29.9. The van der Waals surface area contributed by atoms with E-state index in [1.807, 2.05) is 11.0 Å². The Morgan fingerprint density at radius 2 is 1.92 bits per heavy atom. The largest absolute Gasteiger partial charge is 0.481 e. The van der Waals surface area contributed by atoms with Crippen molar-refractivity contribution in [1.82, 2.24) is 20.5 Å². The number of nitrogens with one attached hydrogen (secondary N) is 2. The molecule has 0 aromatic carbocycles. The van der Waals surface area contributed by atoms with Gasteiger partial charge in [-0.25, -0.2) is 9.78 Å². The van der Waals surface area contributed by atoms with E-state index < -0.39 is 0 Å². The first-order chi connectivity index (χ1) is 11.7. The van der Waals surface area contributed by atoms with Crippen LogP contribution in [0.1, 0.15) is 37.7 Å². The Bertz CT molecular complexity index is 525. The molecule has 2 heterocycles. The van der Waals surface area contributed by atoms with Crippen LogP contribution in [0.15, 0.2) is 18.3 Å². The number of hydrogen-bond acceptors (Lipinski definition) is 4. The van der Waals surface area contributed by atoms with E-state index in [2.05, 4.69) is 15.6 Å². The molecule has 7 heteroatoms. The van der Waals surface area contributed by atoms with Crippen LogP contribution >= 0.6 is 0 Å². The average molecular weight is 334 g/mol. The number of nitrogens with zero attached hydrogens (tertiary/aromatic N) is 2. The Kier molecular flexibility index (Phi) is 7.32. The lowest BCUT2D eigenvalue weighted by Crippen LogP contribution is -2.38. The lowest BCUT2D eigenvalue weighted by atomic mass is 10.2. The molecule has 132 valence electrons. The normalized spacial score (nSPS) is 14.6. The lowest BCUT2D eigenvalue weighted by Gasteiger charge is -2.20. The van der Waals surface area contributed by atoms with Gasteiger partial charge >= 0.3 is 6.03 Å². The summed E-state index contributed by atoms with van der Waals surface area (Å²) in [5.74, 6) is 0.659. The van der Waals surface area contributed by atoms with Crippen LogP contribution in [0.25, 0.3) is 0 Å². The van der Waals surface area contributed by atoms with Gasteiger partial charge in [0.15, 0.2) is 0 Å². The minimum atomic E-state index is -0.283. The standard InChI is InChI=1S/C17H26N4O3/c1-24-15-7-6-14(12-19-15)13-20-17(23)18-9-8-16(22)21-10-4-2-3-5-11-21/h6-7,12H,2-5,8-11,13H2,1H3,(H2,18,20,23). The Morgan fingerprint density at radius 3 is 2.54 bits per heavy atom. The third-order valence-electron chi connectivity index (χ3n) is 4.04. The van der Waals surface area contributed by atoms with Gasteiger partial charge in [0.05, 0.1) is 7.11 Å². The average Bonchev–Trinajstić information content (AvgIpc) is 2.90. The van der Waals surface area contributed by atoms with Crippen molar-refractivity contribution in [3.8, 4) is 5.88 Å². The minimum Gasteiger partial charge on any atom is -0.481 e. The SMILES string of the molecule is COc1ccc(CNC(=O)NCCC(=O)N2CCCCCC2)cn1. The number of methoxy groups -OCH3 is 1. The van der Waals surface area contributed by atoms with E-state index in [1.54, 1.807) is 19.4 Å². The molecular formula is C17H26N4O3. The molecule has 7 nitrogen and oxygen atoms in total. The van der Waals surface area contributed by atoms with Crippen molar-refractivity contribution in [3.05, 3.63) is 23.9 Å². The molecule has 0 atom stereocenters. The predicted molar refractivity (Wildman–Crippen MR) is 90.7 cm³/mol. The van der Waals surface area contributed by atoms with Gasteiger partial charge in [-0.3, -0.25) is 4.79 Å². The van der Waals surface area contributed by atoms with Crippen molar-refractivity contribution < 1.29 is 14.3 Å². The first-order valence-electron chi connectivity index (χ1n) is 8.47. The molecule has 1 fully saturated rings. The number of carbonyl (C=O) groups is 2. The molecule has 1 aromatic heterocycles. The summed E-state index contributed by atoms with van der Waals surface area (Å²) in [6.45, 7) is 2.41. The molecule has 0 aliphatic carbocycles. The Morgan fingerprint density at radius 1 is 1.17 bits per heavy atom. The number of hydrogen-bond donors (Lipinski definition) is 2. The highest BCUT2D eigenvalue weighted by Gasteiger charge is 2.15. The fraction of sp³-hybridized carbons (Fsp3) is 0.588. The maximum absolute atomic E-state index is 12.1. The molecule has 2 N–H and O–H groups in total. The smallest absolute Gasteiger partial charge is 0.315 e. The van der Waals surface area contributed by atoms with Gasteiger partial charge in [0, 0.05) is 44.9 Å². The van der Waals surface area contributed by atoms with Gasteiger partial charge in [0.1, 0.15) is 0 Å². The minimum absolute atomic E-state index is 0.122. The predicted octanol–water partition coefficient (Wildman–Crippen LogP) is 1.68. The summed E-state index contributed by atoms with van der Waals surface area (Å²) < 4.78 is 4.98. The second kappa shape index (κ2) is 9.75. The fourth-order valence-corrected chi connectivity index (χ4v) is 2.64. The highest BCUT2D eigenvalue weighted by atomic mass is 16.5. The number of rotatable bonds is 6. The fourth-order valence-electron chi connectivity index (χ4n) is 2.64. The zero-order valence-electron chi connectivity index (χ0n) is 14.2. The second-order valence-electron chi connectivity index (χ2n) is 5.86. The monoisotopic (exact) mass is 334 g/mol. The van der Waals surface area contributed by atoms with Crippen molar-refractivity contribution >= 4 is 11.9 Å². The van der Waals surface area contributed by atoms with E-state index in [1.165, 1.54) is 12.8 Å². The Hall–Kier alpha value is -2.31. The van der Waals surface area contributed by atoms with Gasteiger partial charge in [0.2, 0.25) is 11.8 Å². The number of likely N-dealkylation sites (tertiary alicyclic amines) is 1. The van der Waals surface area contributed by atoms with Gasteiger partial charge in [-0.1, -0.05) is 18.9 Å². The number of ether oxygens (including phenoxy) is 1. The van der Waals surface area contributed by atoms with Crippen LogP contribution in [-0.4, -0.2) is 48.6 Å². The molecule has 0 spiro atoms. The molecule has 0 bridgehead atoms. The Labute approximate surface area is 142 Å². The number of urea groups is 1. The van der Waals surface area contributed by atoms with Crippen LogP contribution in [0.2, 0.25) is 0 Å². The molecular weight excluding hydrogens is 308 g/mol.